The van der Waals surface area contributed by atoms with Gasteiger partial charge in [-0.2, -0.15) is 0 Å². The van der Waals surface area contributed by atoms with Crippen molar-refractivity contribution < 1.29 is 24.0 Å². The smallest absolute Gasteiger partial charge is 0.338 e. The third kappa shape index (κ3) is 5.77. The summed E-state index contributed by atoms with van der Waals surface area (Å²) in [6.45, 7) is 4.05. The standard InChI is InChI=1S/C21H22N4O6S/c1-2-31-20(27)14-3-6-16(7-4-14)22-21(32)23-19(26)15-5-8-17(18(13-15)25(28)29)24-9-11-30-12-10-24/h3-8,13H,2,9-12H2,1H3,(H2,22,23,26,32). The van der Waals surface area contributed by atoms with Crippen molar-refractivity contribution in [2.45, 2.75) is 6.92 Å². The maximum atomic E-state index is 12.6. The lowest BCUT2D eigenvalue weighted by atomic mass is 10.1. The number of nitro groups is 1. The molecule has 0 aliphatic carbocycles. The number of thiocarbonyl (C=S) groups is 1. The molecule has 2 aromatic carbocycles. The Bertz CT molecular complexity index is 1020. The van der Waals surface area contributed by atoms with Gasteiger partial charge in [0.1, 0.15) is 5.69 Å². The molecule has 3 rings (SSSR count). The van der Waals surface area contributed by atoms with E-state index in [-0.39, 0.29) is 23.0 Å². The summed E-state index contributed by atoms with van der Waals surface area (Å²) in [5.74, 6) is -1.01. The van der Waals surface area contributed by atoms with Crippen molar-refractivity contribution in [2.75, 3.05) is 43.1 Å². The number of anilines is 2. The maximum Gasteiger partial charge on any atom is 0.338 e. The summed E-state index contributed by atoms with van der Waals surface area (Å²) in [6, 6.07) is 10.7. The number of esters is 1. The lowest BCUT2D eigenvalue weighted by molar-refractivity contribution is -0.384. The van der Waals surface area contributed by atoms with Crippen molar-refractivity contribution >= 4 is 46.3 Å². The van der Waals surface area contributed by atoms with Crippen molar-refractivity contribution in [1.82, 2.24) is 5.32 Å². The Labute approximate surface area is 189 Å². The van der Waals surface area contributed by atoms with E-state index < -0.39 is 16.8 Å². The first kappa shape index (κ1) is 23.1. The Morgan fingerprint density at radius 2 is 1.81 bits per heavy atom. The van der Waals surface area contributed by atoms with Crippen molar-refractivity contribution in [1.29, 1.82) is 0 Å². The highest BCUT2D eigenvalue weighted by atomic mass is 32.1. The van der Waals surface area contributed by atoms with Crippen LogP contribution in [0.1, 0.15) is 27.6 Å². The minimum atomic E-state index is -0.581. The molecule has 0 aromatic heterocycles. The van der Waals surface area contributed by atoms with Gasteiger partial charge in [0.05, 0.1) is 30.3 Å². The topological polar surface area (TPSA) is 123 Å². The van der Waals surface area contributed by atoms with Gasteiger partial charge in [-0.25, -0.2) is 4.79 Å². The minimum absolute atomic E-state index is 0.0128. The van der Waals surface area contributed by atoms with Gasteiger partial charge >= 0.3 is 5.97 Å². The number of nitrogens with one attached hydrogen (secondary N) is 2. The number of morpholine rings is 1. The van der Waals surface area contributed by atoms with Gasteiger partial charge in [-0.15, -0.1) is 0 Å². The summed E-state index contributed by atoms with van der Waals surface area (Å²) in [7, 11) is 0. The molecular weight excluding hydrogens is 436 g/mol. The highest BCUT2D eigenvalue weighted by Gasteiger charge is 2.23. The van der Waals surface area contributed by atoms with E-state index in [1.165, 1.54) is 12.1 Å². The fourth-order valence-electron chi connectivity index (χ4n) is 3.12. The Balaban J connectivity index is 1.65. The number of hydrogen-bond acceptors (Lipinski definition) is 8. The lowest BCUT2D eigenvalue weighted by Gasteiger charge is -2.28. The monoisotopic (exact) mass is 458 g/mol. The Morgan fingerprint density at radius 3 is 2.44 bits per heavy atom. The van der Waals surface area contributed by atoms with Crippen LogP contribution in [0.15, 0.2) is 42.5 Å². The molecule has 0 atom stereocenters. The third-order valence-corrected chi connectivity index (χ3v) is 4.87. The lowest BCUT2D eigenvalue weighted by Crippen LogP contribution is -2.37. The van der Waals surface area contributed by atoms with Crippen LogP contribution in [0.5, 0.6) is 0 Å². The van der Waals surface area contributed by atoms with E-state index in [9.17, 15) is 19.7 Å². The van der Waals surface area contributed by atoms with E-state index in [2.05, 4.69) is 10.6 Å². The number of rotatable bonds is 6. The second-order valence-electron chi connectivity index (χ2n) is 6.77. The van der Waals surface area contributed by atoms with Gasteiger partial charge in [-0.05, 0) is 55.5 Å². The second kappa shape index (κ2) is 10.6. The average molecular weight is 458 g/mol. The molecule has 0 radical (unpaired) electrons. The van der Waals surface area contributed by atoms with Crippen LogP contribution in [0, 0.1) is 10.1 Å². The van der Waals surface area contributed by atoms with Gasteiger partial charge in [-0.3, -0.25) is 20.2 Å². The third-order valence-electron chi connectivity index (χ3n) is 4.67. The van der Waals surface area contributed by atoms with E-state index in [0.717, 1.165) is 0 Å². The summed E-state index contributed by atoms with van der Waals surface area (Å²) < 4.78 is 10.2. The van der Waals surface area contributed by atoms with Gasteiger partial charge in [0, 0.05) is 30.4 Å². The average Bonchev–Trinajstić information content (AvgIpc) is 2.79. The zero-order valence-corrected chi connectivity index (χ0v) is 18.1. The van der Waals surface area contributed by atoms with Crippen molar-refractivity contribution in [2.24, 2.45) is 0 Å². The predicted molar refractivity (Wildman–Crippen MR) is 122 cm³/mol. The molecule has 0 bridgehead atoms. The van der Waals surface area contributed by atoms with Crippen LogP contribution in [-0.4, -0.2) is 54.8 Å². The number of benzene rings is 2. The van der Waals surface area contributed by atoms with E-state index >= 15 is 0 Å². The van der Waals surface area contributed by atoms with Crippen LogP contribution in [0.3, 0.4) is 0 Å². The van der Waals surface area contributed by atoms with Gasteiger partial charge in [0.2, 0.25) is 0 Å². The number of nitro benzene ring substituents is 1. The molecule has 1 saturated heterocycles. The molecule has 0 spiro atoms. The molecule has 168 valence electrons. The zero-order chi connectivity index (χ0) is 23.1. The van der Waals surface area contributed by atoms with Gasteiger partial charge in [0.15, 0.2) is 5.11 Å². The molecule has 1 heterocycles. The Kier molecular flexibility index (Phi) is 7.68. The Morgan fingerprint density at radius 1 is 1.16 bits per heavy atom. The normalized spacial score (nSPS) is 13.2. The summed E-state index contributed by atoms with van der Waals surface area (Å²) in [5.41, 5.74) is 1.33. The molecule has 11 heteroatoms. The number of carbonyl (C=O) groups excluding carboxylic acids is 2. The molecule has 2 N–H and O–H groups in total. The fraction of sp³-hybridized carbons (Fsp3) is 0.286. The summed E-state index contributed by atoms with van der Waals surface area (Å²) in [4.78, 5) is 37.2. The zero-order valence-electron chi connectivity index (χ0n) is 17.3. The number of carbonyl (C=O) groups is 2. The number of amides is 1. The van der Waals surface area contributed by atoms with Crippen LogP contribution >= 0.6 is 12.2 Å². The van der Waals surface area contributed by atoms with E-state index in [1.54, 1.807) is 37.3 Å². The van der Waals surface area contributed by atoms with Gasteiger partial charge in [-0.1, -0.05) is 0 Å². The van der Waals surface area contributed by atoms with Crippen molar-refractivity contribution in [3.8, 4) is 0 Å². The number of ether oxygens (including phenoxy) is 2. The molecule has 1 aliphatic heterocycles. The van der Waals surface area contributed by atoms with Crippen LogP contribution in [0.2, 0.25) is 0 Å². The summed E-state index contributed by atoms with van der Waals surface area (Å²) in [6.07, 6.45) is 0. The molecule has 32 heavy (non-hydrogen) atoms. The van der Waals surface area contributed by atoms with Gasteiger partial charge in [0.25, 0.3) is 11.6 Å². The molecule has 0 saturated carbocycles. The fourth-order valence-corrected chi connectivity index (χ4v) is 3.33. The highest BCUT2D eigenvalue weighted by Crippen LogP contribution is 2.30. The van der Waals surface area contributed by atoms with Gasteiger partial charge < -0.3 is 19.7 Å². The first-order valence-electron chi connectivity index (χ1n) is 9.89. The molecular formula is C21H22N4O6S. The molecule has 1 fully saturated rings. The first-order valence-corrected chi connectivity index (χ1v) is 10.3. The van der Waals surface area contributed by atoms with Crippen molar-refractivity contribution in [3.63, 3.8) is 0 Å². The summed E-state index contributed by atoms with van der Waals surface area (Å²) in [5, 5.41) is 16.9. The van der Waals surface area contributed by atoms with E-state index in [1.807, 2.05) is 4.90 Å². The van der Waals surface area contributed by atoms with E-state index in [4.69, 9.17) is 21.7 Å². The second-order valence-corrected chi connectivity index (χ2v) is 7.17. The quantitative estimate of drug-likeness (QED) is 0.291. The molecule has 10 nitrogen and oxygen atoms in total. The molecule has 1 amide bonds. The summed E-state index contributed by atoms with van der Waals surface area (Å²) >= 11 is 5.16. The van der Waals surface area contributed by atoms with Crippen LogP contribution in [-0.2, 0) is 9.47 Å². The predicted octanol–water partition coefficient (Wildman–Crippen LogP) is 2.73. The molecule has 1 aliphatic rings. The minimum Gasteiger partial charge on any atom is -0.462 e. The highest BCUT2D eigenvalue weighted by molar-refractivity contribution is 7.80. The number of nitrogens with zero attached hydrogens (tertiary/aromatic N) is 2. The largest absolute Gasteiger partial charge is 0.462 e. The molecule has 2 aromatic rings. The number of hydrogen-bond donors (Lipinski definition) is 2. The van der Waals surface area contributed by atoms with Crippen LogP contribution in [0.4, 0.5) is 17.1 Å². The van der Waals surface area contributed by atoms with E-state index in [0.29, 0.717) is 43.2 Å². The maximum absolute atomic E-state index is 12.6. The van der Waals surface area contributed by atoms with Crippen LogP contribution < -0.4 is 15.5 Å². The van der Waals surface area contributed by atoms with Crippen LogP contribution in [0.25, 0.3) is 0 Å². The molecule has 0 unspecified atom stereocenters. The SMILES string of the molecule is CCOC(=O)c1ccc(NC(=S)NC(=O)c2ccc(N3CCOCC3)c([N+](=O)[O-])c2)cc1. The van der Waals surface area contributed by atoms with Crippen molar-refractivity contribution in [3.05, 3.63) is 63.7 Å². The first-order chi connectivity index (χ1) is 15.4. The Hall–Kier alpha value is -3.57.